The summed E-state index contributed by atoms with van der Waals surface area (Å²) >= 11 is 0. The Kier molecular flexibility index (Phi) is 5.42. The summed E-state index contributed by atoms with van der Waals surface area (Å²) in [5.74, 6) is 3.18. The number of carbonyl (C=O) groups excluding carboxylic acids is 1. The summed E-state index contributed by atoms with van der Waals surface area (Å²) in [5.41, 5.74) is 3.43. The van der Waals surface area contributed by atoms with Crippen molar-refractivity contribution in [3.05, 3.63) is 35.0 Å². The lowest BCUT2D eigenvalue weighted by atomic mass is 9.99. The number of carbonyl (C=O) groups is 1. The molecule has 8 nitrogen and oxygen atoms in total. The number of hydrogen-bond donors (Lipinski definition) is 0. The van der Waals surface area contributed by atoms with Crippen molar-refractivity contribution in [1.29, 1.82) is 0 Å². The lowest BCUT2D eigenvalue weighted by molar-refractivity contribution is -0.118. The number of benzene rings is 1. The van der Waals surface area contributed by atoms with Crippen LogP contribution in [-0.4, -0.2) is 68.2 Å². The van der Waals surface area contributed by atoms with E-state index in [1.165, 1.54) is 11.1 Å². The molecule has 1 saturated heterocycles. The predicted octanol–water partition coefficient (Wildman–Crippen LogP) is 1.64. The standard InChI is InChI=1S/C21H27N5O3/c1-15-10-20(25-8-6-24(14-27)7-9-25)23-21(22-15)26-5-4-16-11-18(28-2)19(29-3)12-17(16)13-26/h10-12,14H,4-9,13H2,1-3H3. The molecule has 3 heterocycles. The van der Waals surface area contributed by atoms with Crippen LogP contribution in [-0.2, 0) is 17.8 Å². The summed E-state index contributed by atoms with van der Waals surface area (Å²) < 4.78 is 10.9. The van der Waals surface area contributed by atoms with Crippen molar-refractivity contribution >= 4 is 18.2 Å². The number of fused-ring (bicyclic) bond motifs is 1. The van der Waals surface area contributed by atoms with Crippen LogP contribution in [0.4, 0.5) is 11.8 Å². The second kappa shape index (κ2) is 8.14. The zero-order chi connectivity index (χ0) is 20.4. The van der Waals surface area contributed by atoms with E-state index in [-0.39, 0.29) is 0 Å². The molecular weight excluding hydrogens is 370 g/mol. The van der Waals surface area contributed by atoms with Crippen LogP contribution in [0.5, 0.6) is 11.5 Å². The summed E-state index contributed by atoms with van der Waals surface area (Å²) in [6.07, 6.45) is 1.82. The number of anilines is 2. The molecule has 1 aromatic carbocycles. The van der Waals surface area contributed by atoms with Gasteiger partial charge < -0.3 is 24.2 Å². The normalized spacial score (nSPS) is 16.4. The lowest BCUT2D eigenvalue weighted by Crippen LogP contribution is -2.46. The van der Waals surface area contributed by atoms with Crippen molar-refractivity contribution in [3.8, 4) is 11.5 Å². The third-order valence-corrected chi connectivity index (χ3v) is 5.62. The Morgan fingerprint density at radius 2 is 1.59 bits per heavy atom. The van der Waals surface area contributed by atoms with Gasteiger partial charge in [-0.25, -0.2) is 4.98 Å². The smallest absolute Gasteiger partial charge is 0.227 e. The Labute approximate surface area is 171 Å². The van der Waals surface area contributed by atoms with Crippen molar-refractivity contribution in [2.45, 2.75) is 19.9 Å². The van der Waals surface area contributed by atoms with Crippen LogP contribution in [0.1, 0.15) is 16.8 Å². The van der Waals surface area contributed by atoms with Crippen LogP contribution in [0, 0.1) is 6.92 Å². The van der Waals surface area contributed by atoms with E-state index in [0.29, 0.717) is 0 Å². The van der Waals surface area contributed by atoms with E-state index < -0.39 is 0 Å². The topological polar surface area (TPSA) is 71.0 Å². The van der Waals surface area contributed by atoms with Gasteiger partial charge in [0.25, 0.3) is 0 Å². The fraction of sp³-hybridized carbons (Fsp3) is 0.476. The van der Waals surface area contributed by atoms with E-state index in [9.17, 15) is 4.79 Å². The zero-order valence-corrected chi connectivity index (χ0v) is 17.2. The molecule has 1 amide bonds. The fourth-order valence-corrected chi connectivity index (χ4v) is 3.95. The molecule has 2 aliphatic heterocycles. The molecule has 1 fully saturated rings. The molecule has 8 heteroatoms. The van der Waals surface area contributed by atoms with E-state index in [1.54, 1.807) is 19.1 Å². The monoisotopic (exact) mass is 397 g/mol. The van der Waals surface area contributed by atoms with Gasteiger partial charge in [0.15, 0.2) is 11.5 Å². The van der Waals surface area contributed by atoms with Gasteiger partial charge in [-0.1, -0.05) is 0 Å². The maximum atomic E-state index is 11.0. The zero-order valence-electron chi connectivity index (χ0n) is 17.2. The van der Waals surface area contributed by atoms with Gasteiger partial charge >= 0.3 is 0 Å². The first kappa shape index (κ1) is 19.3. The fourth-order valence-electron chi connectivity index (χ4n) is 3.95. The number of rotatable bonds is 5. The summed E-state index contributed by atoms with van der Waals surface area (Å²) in [4.78, 5) is 26.8. The van der Waals surface area contributed by atoms with Gasteiger partial charge in [-0.05, 0) is 36.6 Å². The highest BCUT2D eigenvalue weighted by atomic mass is 16.5. The van der Waals surface area contributed by atoms with Crippen LogP contribution < -0.4 is 19.3 Å². The predicted molar refractivity (Wildman–Crippen MR) is 111 cm³/mol. The lowest BCUT2D eigenvalue weighted by Gasteiger charge is -2.34. The van der Waals surface area contributed by atoms with E-state index in [1.807, 2.05) is 13.0 Å². The first-order valence-electron chi connectivity index (χ1n) is 9.90. The molecule has 0 bridgehead atoms. The highest BCUT2D eigenvalue weighted by molar-refractivity contribution is 5.53. The second-order valence-electron chi connectivity index (χ2n) is 7.44. The van der Waals surface area contributed by atoms with E-state index >= 15 is 0 Å². The molecule has 1 aromatic heterocycles. The number of hydrogen-bond acceptors (Lipinski definition) is 7. The Balaban J connectivity index is 1.56. The van der Waals surface area contributed by atoms with Crippen molar-refractivity contribution in [2.75, 3.05) is 56.7 Å². The third-order valence-electron chi connectivity index (χ3n) is 5.62. The SMILES string of the molecule is COc1cc2c(cc1OC)CN(c1nc(C)cc(N3CCN(C=O)CC3)n1)CC2. The average molecular weight is 397 g/mol. The molecule has 0 aliphatic carbocycles. The maximum absolute atomic E-state index is 11.0. The molecule has 0 unspecified atom stereocenters. The highest BCUT2D eigenvalue weighted by Crippen LogP contribution is 2.34. The van der Waals surface area contributed by atoms with Crippen LogP contribution >= 0.6 is 0 Å². The molecule has 154 valence electrons. The van der Waals surface area contributed by atoms with E-state index in [0.717, 1.165) is 81.1 Å². The largest absolute Gasteiger partial charge is 0.493 e. The molecule has 0 N–H and O–H groups in total. The minimum absolute atomic E-state index is 0.723. The number of amides is 1. The molecule has 0 atom stereocenters. The Morgan fingerprint density at radius 3 is 2.24 bits per heavy atom. The van der Waals surface area contributed by atoms with Crippen molar-refractivity contribution in [3.63, 3.8) is 0 Å². The van der Waals surface area contributed by atoms with Crippen LogP contribution in [0.3, 0.4) is 0 Å². The number of ether oxygens (including phenoxy) is 2. The molecule has 0 saturated carbocycles. The molecule has 2 aromatic rings. The number of methoxy groups -OCH3 is 2. The van der Waals surface area contributed by atoms with Gasteiger partial charge in [-0.3, -0.25) is 4.79 Å². The van der Waals surface area contributed by atoms with Gasteiger partial charge in [0.1, 0.15) is 5.82 Å². The quantitative estimate of drug-likeness (QED) is 0.711. The third kappa shape index (κ3) is 3.92. The van der Waals surface area contributed by atoms with Crippen molar-refractivity contribution in [2.24, 2.45) is 0 Å². The molecule has 4 rings (SSSR count). The van der Waals surface area contributed by atoms with Crippen molar-refractivity contribution < 1.29 is 14.3 Å². The minimum atomic E-state index is 0.723. The first-order chi connectivity index (χ1) is 14.1. The van der Waals surface area contributed by atoms with E-state index in [4.69, 9.17) is 19.4 Å². The summed E-state index contributed by atoms with van der Waals surface area (Å²) in [7, 11) is 3.32. The van der Waals surface area contributed by atoms with Crippen molar-refractivity contribution in [1.82, 2.24) is 14.9 Å². The first-order valence-corrected chi connectivity index (χ1v) is 9.90. The van der Waals surface area contributed by atoms with Gasteiger partial charge in [0.05, 0.1) is 14.2 Å². The Bertz CT molecular complexity index is 896. The van der Waals surface area contributed by atoms with Gasteiger partial charge in [0.2, 0.25) is 12.4 Å². The number of aryl methyl sites for hydroxylation is 1. The molecule has 2 aliphatic rings. The Morgan fingerprint density at radius 1 is 0.897 bits per heavy atom. The average Bonchev–Trinajstić information content (AvgIpc) is 2.77. The summed E-state index contributed by atoms with van der Waals surface area (Å²) in [6, 6.07) is 6.14. The summed E-state index contributed by atoms with van der Waals surface area (Å²) in [6.45, 7) is 6.61. The van der Waals surface area contributed by atoms with Gasteiger partial charge in [0, 0.05) is 51.0 Å². The van der Waals surface area contributed by atoms with Gasteiger partial charge in [-0.15, -0.1) is 0 Å². The highest BCUT2D eigenvalue weighted by Gasteiger charge is 2.23. The molecule has 0 spiro atoms. The second-order valence-corrected chi connectivity index (χ2v) is 7.44. The number of nitrogens with zero attached hydrogens (tertiary/aromatic N) is 5. The number of piperazine rings is 1. The van der Waals surface area contributed by atoms with Crippen LogP contribution in [0.25, 0.3) is 0 Å². The molecular formula is C21H27N5O3. The molecule has 29 heavy (non-hydrogen) atoms. The Hall–Kier alpha value is -3.03. The van der Waals surface area contributed by atoms with Crippen LogP contribution in [0.2, 0.25) is 0 Å². The number of aromatic nitrogens is 2. The maximum Gasteiger partial charge on any atom is 0.227 e. The molecule has 0 radical (unpaired) electrons. The van der Waals surface area contributed by atoms with Crippen LogP contribution in [0.15, 0.2) is 18.2 Å². The van der Waals surface area contributed by atoms with Gasteiger partial charge in [-0.2, -0.15) is 4.98 Å². The van der Waals surface area contributed by atoms with E-state index in [2.05, 4.69) is 21.9 Å². The minimum Gasteiger partial charge on any atom is -0.493 e. The summed E-state index contributed by atoms with van der Waals surface area (Å²) in [5, 5.41) is 0.